The van der Waals surface area contributed by atoms with E-state index in [0.717, 1.165) is 0 Å². The molecule has 0 fully saturated rings. The predicted octanol–water partition coefficient (Wildman–Crippen LogP) is 1.41. The Hall–Kier alpha value is -3.88. The van der Waals surface area contributed by atoms with Crippen LogP contribution in [0.15, 0.2) is 71.8 Å². The molecule has 0 unspecified atom stereocenters. The molecular formula is C23H20N4O4. The highest BCUT2D eigenvalue weighted by molar-refractivity contribution is 6.39. The highest BCUT2D eigenvalue weighted by Crippen LogP contribution is 2.48. The summed E-state index contributed by atoms with van der Waals surface area (Å²) in [5.41, 5.74) is -0.127. The Morgan fingerprint density at radius 3 is 1.23 bits per heavy atom. The minimum absolute atomic E-state index is 0.0334. The summed E-state index contributed by atoms with van der Waals surface area (Å²) in [6.45, 7) is 3.22. The molecule has 0 atom stereocenters. The number of benzene rings is 2. The minimum atomic E-state index is -1.35. The number of carbonyl (C=O) groups is 4. The Morgan fingerprint density at radius 2 is 0.903 bits per heavy atom. The predicted molar refractivity (Wildman–Crippen MR) is 113 cm³/mol. The van der Waals surface area contributed by atoms with Gasteiger partial charge in [0.1, 0.15) is 0 Å². The Kier molecular flexibility index (Phi) is 4.68. The fourth-order valence-electron chi connectivity index (χ4n) is 4.12. The molecule has 0 spiro atoms. The van der Waals surface area contributed by atoms with Crippen molar-refractivity contribution in [3.8, 4) is 0 Å². The van der Waals surface area contributed by atoms with Crippen LogP contribution in [0.3, 0.4) is 0 Å². The average molecular weight is 416 g/mol. The normalized spacial score (nSPS) is 17.5. The van der Waals surface area contributed by atoms with E-state index < -0.39 is 29.0 Å². The van der Waals surface area contributed by atoms with Crippen LogP contribution < -0.4 is 11.7 Å². The topological polar surface area (TPSA) is 127 Å². The van der Waals surface area contributed by atoms with Crippen molar-refractivity contribution < 1.29 is 19.2 Å². The second-order valence-electron chi connectivity index (χ2n) is 7.82. The molecule has 31 heavy (non-hydrogen) atoms. The van der Waals surface area contributed by atoms with Gasteiger partial charge in [0.25, 0.3) is 23.6 Å². The van der Waals surface area contributed by atoms with E-state index in [1.165, 1.54) is 0 Å². The Morgan fingerprint density at radius 1 is 0.581 bits per heavy atom. The lowest BCUT2D eigenvalue weighted by atomic mass is 9.72. The third-order valence-corrected chi connectivity index (χ3v) is 5.61. The summed E-state index contributed by atoms with van der Waals surface area (Å²) < 4.78 is 0. The van der Waals surface area contributed by atoms with Crippen molar-refractivity contribution >= 4 is 34.8 Å². The van der Waals surface area contributed by atoms with Crippen LogP contribution in [0, 0.1) is 5.41 Å². The SMILES string of the molecule is CC(C)(C1=C(c2ccccc2)C(=O)N(N)C1=O)C1=C(c2ccccc2)C(=O)N(N)C1=O. The number of hydrogen-bond donors (Lipinski definition) is 2. The molecule has 4 amide bonds. The van der Waals surface area contributed by atoms with Crippen LogP contribution in [-0.2, 0) is 19.2 Å². The van der Waals surface area contributed by atoms with Crippen LogP contribution in [0.2, 0.25) is 0 Å². The van der Waals surface area contributed by atoms with Crippen molar-refractivity contribution in [2.45, 2.75) is 13.8 Å². The van der Waals surface area contributed by atoms with Crippen molar-refractivity contribution in [3.05, 3.63) is 82.9 Å². The largest absolute Gasteiger partial charge is 0.276 e. The molecule has 2 aliphatic rings. The Bertz CT molecular complexity index is 1100. The summed E-state index contributed by atoms with van der Waals surface area (Å²) in [6, 6.07) is 17.2. The molecule has 0 bridgehead atoms. The molecule has 156 valence electrons. The second kappa shape index (κ2) is 7.12. The molecule has 8 heteroatoms. The van der Waals surface area contributed by atoms with E-state index >= 15 is 0 Å². The van der Waals surface area contributed by atoms with Gasteiger partial charge in [-0.25, -0.2) is 21.7 Å². The third-order valence-electron chi connectivity index (χ3n) is 5.61. The molecule has 2 aromatic carbocycles. The number of hydrogen-bond acceptors (Lipinski definition) is 6. The van der Waals surface area contributed by atoms with Gasteiger partial charge in [-0.3, -0.25) is 19.2 Å². The third kappa shape index (κ3) is 2.92. The van der Waals surface area contributed by atoms with Crippen LogP contribution >= 0.6 is 0 Å². The molecule has 4 N–H and O–H groups in total. The standard InChI is InChI=1S/C23H20N4O4/c1-23(2,17-15(13-9-5-3-6-10-13)19(28)26(24)21(17)30)18-16(14-11-7-4-8-12-14)20(29)27(25)22(18)31/h3-12H,24-25H2,1-2H3. The number of carbonyl (C=O) groups excluding carboxylic acids is 4. The van der Waals surface area contributed by atoms with E-state index in [-0.39, 0.29) is 22.3 Å². The first-order chi connectivity index (χ1) is 14.7. The molecule has 2 aliphatic heterocycles. The van der Waals surface area contributed by atoms with Gasteiger partial charge < -0.3 is 0 Å². The van der Waals surface area contributed by atoms with E-state index in [9.17, 15) is 19.2 Å². The lowest BCUT2D eigenvalue weighted by molar-refractivity contribution is -0.138. The summed E-state index contributed by atoms with van der Waals surface area (Å²) in [5.74, 6) is 8.70. The molecule has 4 rings (SSSR count). The summed E-state index contributed by atoms with van der Waals surface area (Å²) >= 11 is 0. The fourth-order valence-corrected chi connectivity index (χ4v) is 4.12. The van der Waals surface area contributed by atoms with Crippen molar-refractivity contribution in [1.82, 2.24) is 10.0 Å². The summed E-state index contributed by atoms with van der Waals surface area (Å²) in [5, 5.41) is 1.06. The maximum atomic E-state index is 13.1. The maximum absolute atomic E-state index is 13.1. The molecule has 0 saturated carbocycles. The van der Waals surface area contributed by atoms with Crippen LogP contribution in [-0.4, -0.2) is 33.6 Å². The smallest absolute Gasteiger partial charge is 0.267 e. The van der Waals surface area contributed by atoms with Gasteiger partial charge in [-0.15, -0.1) is 0 Å². The van der Waals surface area contributed by atoms with E-state index in [0.29, 0.717) is 21.1 Å². The zero-order valence-electron chi connectivity index (χ0n) is 17.0. The van der Waals surface area contributed by atoms with Gasteiger partial charge in [-0.1, -0.05) is 74.5 Å². The van der Waals surface area contributed by atoms with Crippen LogP contribution in [0.4, 0.5) is 0 Å². The lowest BCUT2D eigenvalue weighted by Crippen LogP contribution is -2.41. The highest BCUT2D eigenvalue weighted by atomic mass is 16.2. The first kappa shape index (κ1) is 20.4. The van der Waals surface area contributed by atoms with Gasteiger partial charge in [0.2, 0.25) is 0 Å². The zero-order chi connectivity index (χ0) is 22.5. The summed E-state index contributed by atoms with van der Waals surface area (Å²) in [6.07, 6.45) is 0. The number of hydrazine groups is 2. The quantitative estimate of drug-likeness (QED) is 0.441. The number of nitrogens with two attached hydrogens (primary N) is 2. The van der Waals surface area contributed by atoms with E-state index in [1.807, 2.05) is 0 Å². The average Bonchev–Trinajstić information content (AvgIpc) is 3.15. The van der Waals surface area contributed by atoms with Gasteiger partial charge >= 0.3 is 0 Å². The van der Waals surface area contributed by atoms with E-state index in [4.69, 9.17) is 11.7 Å². The molecule has 8 nitrogen and oxygen atoms in total. The van der Waals surface area contributed by atoms with Crippen molar-refractivity contribution in [2.75, 3.05) is 0 Å². The molecule has 2 aromatic rings. The van der Waals surface area contributed by atoms with Gasteiger partial charge in [0, 0.05) is 16.6 Å². The van der Waals surface area contributed by atoms with E-state index in [2.05, 4.69) is 0 Å². The number of amides is 4. The van der Waals surface area contributed by atoms with Crippen LogP contribution in [0.25, 0.3) is 11.1 Å². The Labute approximate surface area is 178 Å². The van der Waals surface area contributed by atoms with Gasteiger partial charge in [0.05, 0.1) is 11.1 Å². The van der Waals surface area contributed by atoms with Gasteiger partial charge in [0.15, 0.2) is 0 Å². The fraction of sp³-hybridized carbons (Fsp3) is 0.130. The summed E-state index contributed by atoms with van der Waals surface area (Å²) in [7, 11) is 0. The Balaban J connectivity index is 2.03. The van der Waals surface area contributed by atoms with Crippen molar-refractivity contribution in [1.29, 1.82) is 0 Å². The second-order valence-corrected chi connectivity index (χ2v) is 7.82. The number of rotatable bonds is 4. The van der Waals surface area contributed by atoms with Gasteiger partial charge in [-0.05, 0) is 11.1 Å². The molecule has 0 aliphatic carbocycles. The van der Waals surface area contributed by atoms with E-state index in [1.54, 1.807) is 74.5 Å². The first-order valence-electron chi connectivity index (χ1n) is 9.55. The van der Waals surface area contributed by atoms with Gasteiger partial charge in [-0.2, -0.15) is 0 Å². The summed E-state index contributed by atoms with van der Waals surface area (Å²) in [4.78, 5) is 51.9. The minimum Gasteiger partial charge on any atom is -0.267 e. The molecule has 0 radical (unpaired) electrons. The van der Waals surface area contributed by atoms with Crippen LogP contribution in [0.5, 0.6) is 0 Å². The van der Waals surface area contributed by atoms with Crippen molar-refractivity contribution in [3.63, 3.8) is 0 Å². The first-order valence-corrected chi connectivity index (χ1v) is 9.55. The molecule has 0 saturated heterocycles. The van der Waals surface area contributed by atoms with Crippen LogP contribution in [0.1, 0.15) is 25.0 Å². The zero-order valence-corrected chi connectivity index (χ0v) is 17.0. The monoisotopic (exact) mass is 416 g/mol. The number of nitrogens with zero attached hydrogens (tertiary/aromatic N) is 2. The van der Waals surface area contributed by atoms with Crippen molar-refractivity contribution in [2.24, 2.45) is 17.1 Å². The molecule has 0 aromatic heterocycles. The maximum Gasteiger partial charge on any atom is 0.276 e. The lowest BCUT2D eigenvalue weighted by Gasteiger charge is -2.28. The molecular weight excluding hydrogens is 396 g/mol. The highest BCUT2D eigenvalue weighted by Gasteiger charge is 2.52. The molecule has 2 heterocycles. The number of imide groups is 2.